The largest absolute Gasteiger partial charge is 0.481 e. The molecule has 4 heteroatoms. The topological polar surface area (TPSA) is 24.9 Å². The van der Waals surface area contributed by atoms with Gasteiger partial charge in [-0.2, -0.15) is 0 Å². The first-order valence-corrected chi connectivity index (χ1v) is 9.69. The van der Waals surface area contributed by atoms with Crippen LogP contribution in [0.25, 0.3) is 11.1 Å². The van der Waals surface area contributed by atoms with Crippen LogP contribution >= 0.6 is 0 Å². The molecule has 0 amide bonds. The molecule has 0 unspecified atom stereocenters. The van der Waals surface area contributed by atoms with Gasteiger partial charge < -0.3 is 9.47 Å². The molecular weight excluding hydrogens is 348 g/mol. The Bertz CT molecular complexity index is 813. The van der Waals surface area contributed by atoms with E-state index in [4.69, 9.17) is 9.47 Å². The quantitative estimate of drug-likeness (QED) is 0.664. The number of piperazine rings is 1. The molecule has 0 aliphatic carbocycles. The molecule has 2 aromatic carbocycles. The molecule has 2 aromatic rings. The third-order valence-corrected chi connectivity index (χ3v) is 4.98. The summed E-state index contributed by atoms with van der Waals surface area (Å²) in [5.74, 6) is 14.4. The van der Waals surface area contributed by atoms with Crippen LogP contribution < -0.4 is 9.47 Å². The molecule has 0 atom stereocenters. The second kappa shape index (κ2) is 9.33. The highest BCUT2D eigenvalue weighted by atomic mass is 16.5. The van der Waals surface area contributed by atoms with Crippen LogP contribution in [0.4, 0.5) is 0 Å². The minimum Gasteiger partial charge on any atom is -0.481 e. The average Bonchev–Trinajstić information content (AvgIpc) is 2.75. The lowest BCUT2D eigenvalue weighted by molar-refractivity contribution is 0.157. The van der Waals surface area contributed by atoms with Gasteiger partial charge in [-0.1, -0.05) is 47.9 Å². The Hall–Kier alpha value is -2.92. The van der Waals surface area contributed by atoms with Gasteiger partial charge in [0.1, 0.15) is 24.7 Å². The Morgan fingerprint density at radius 3 is 1.32 bits per heavy atom. The molecule has 0 spiro atoms. The maximum Gasteiger partial charge on any atom is 0.149 e. The Morgan fingerprint density at radius 1 is 0.536 bits per heavy atom. The summed E-state index contributed by atoms with van der Waals surface area (Å²) in [6.07, 6.45) is 0. The Labute approximate surface area is 167 Å². The molecule has 0 radical (unpaired) electrons. The highest BCUT2D eigenvalue weighted by Gasteiger charge is 2.14. The minimum absolute atomic E-state index is 0.418. The monoisotopic (exact) mass is 372 g/mol. The maximum atomic E-state index is 5.74. The van der Waals surface area contributed by atoms with Crippen LogP contribution in [0, 0.1) is 23.7 Å². The van der Waals surface area contributed by atoms with E-state index >= 15 is 0 Å². The molecule has 7 heterocycles. The third kappa shape index (κ3) is 5.08. The molecule has 0 saturated carbocycles. The van der Waals surface area contributed by atoms with Crippen molar-refractivity contribution in [3.8, 4) is 46.3 Å². The molecule has 142 valence electrons. The summed E-state index contributed by atoms with van der Waals surface area (Å²) in [5, 5.41) is 0. The zero-order chi connectivity index (χ0) is 19.0. The van der Waals surface area contributed by atoms with Gasteiger partial charge in [0.2, 0.25) is 0 Å². The molecule has 7 aliphatic heterocycles. The zero-order valence-corrected chi connectivity index (χ0v) is 16.0. The summed E-state index contributed by atoms with van der Waals surface area (Å²) in [7, 11) is 0. The number of nitrogens with zero attached hydrogens (tertiary/aromatic N) is 2. The van der Waals surface area contributed by atoms with E-state index in [2.05, 4.69) is 57.7 Å². The van der Waals surface area contributed by atoms with Crippen molar-refractivity contribution in [2.75, 3.05) is 52.5 Å². The van der Waals surface area contributed by atoms with Gasteiger partial charge in [0.25, 0.3) is 0 Å². The Balaban J connectivity index is 1.48. The van der Waals surface area contributed by atoms with Crippen molar-refractivity contribution in [1.29, 1.82) is 0 Å². The minimum atomic E-state index is 0.418. The SMILES string of the molecule is C1#CCN2CCN(CC#CCOc3ccc(cc3)-c3ccc(cc3)OC1)CC2. The van der Waals surface area contributed by atoms with Gasteiger partial charge in [0.05, 0.1) is 13.1 Å². The number of ether oxygens (including phenoxy) is 2. The smallest absolute Gasteiger partial charge is 0.149 e. The van der Waals surface area contributed by atoms with Gasteiger partial charge in [-0.3, -0.25) is 9.80 Å². The normalized spacial score (nSPS) is 21.7. The van der Waals surface area contributed by atoms with Gasteiger partial charge in [0, 0.05) is 26.2 Å². The number of rotatable bonds is 0. The van der Waals surface area contributed by atoms with Crippen LogP contribution in [-0.4, -0.2) is 62.3 Å². The number of benzene rings is 2. The fourth-order valence-corrected chi connectivity index (χ4v) is 3.27. The highest BCUT2D eigenvalue weighted by molar-refractivity contribution is 5.64. The van der Waals surface area contributed by atoms with Crippen LogP contribution in [0.15, 0.2) is 48.5 Å². The van der Waals surface area contributed by atoms with Gasteiger partial charge >= 0.3 is 0 Å². The summed E-state index contributed by atoms with van der Waals surface area (Å²) in [6, 6.07) is 16.2. The van der Waals surface area contributed by atoms with Gasteiger partial charge in [-0.05, 0) is 35.4 Å². The molecule has 0 aromatic heterocycles. The second-order valence-corrected chi connectivity index (χ2v) is 6.89. The fourth-order valence-electron chi connectivity index (χ4n) is 3.27. The van der Waals surface area contributed by atoms with Crippen molar-refractivity contribution in [3.05, 3.63) is 48.5 Å². The van der Waals surface area contributed by atoms with Crippen molar-refractivity contribution in [2.45, 2.75) is 0 Å². The average molecular weight is 372 g/mol. The van der Waals surface area contributed by atoms with E-state index in [0.29, 0.717) is 13.2 Å². The summed E-state index contributed by atoms with van der Waals surface area (Å²) < 4.78 is 11.5. The van der Waals surface area contributed by atoms with E-state index in [1.54, 1.807) is 0 Å². The van der Waals surface area contributed by atoms with Gasteiger partial charge in [0.15, 0.2) is 0 Å². The molecule has 1 fully saturated rings. The summed E-state index contributed by atoms with van der Waals surface area (Å²) in [6.45, 7) is 6.55. The lowest BCUT2D eigenvalue weighted by Crippen LogP contribution is -2.46. The van der Waals surface area contributed by atoms with Crippen molar-refractivity contribution < 1.29 is 9.47 Å². The standard InChI is InChI=1S/C24H24N2O2/c1-3-19-27-23-9-5-21(6-10-23)22-7-11-24(12-8-22)28-20-4-2-14-26-17-15-25(13-1)16-18-26/h5-12H,13-20H2. The van der Waals surface area contributed by atoms with E-state index in [-0.39, 0.29) is 0 Å². The molecule has 1 saturated heterocycles. The lowest BCUT2D eigenvalue weighted by Gasteiger charge is -2.32. The van der Waals surface area contributed by atoms with Crippen LogP contribution in [0.2, 0.25) is 0 Å². The molecule has 6 bridgehead atoms. The van der Waals surface area contributed by atoms with Gasteiger partial charge in [-0.25, -0.2) is 0 Å². The Kier molecular flexibility index (Phi) is 6.15. The second-order valence-electron chi connectivity index (χ2n) is 6.89. The molecular formula is C24H24N2O2. The third-order valence-electron chi connectivity index (χ3n) is 4.98. The van der Waals surface area contributed by atoms with Crippen molar-refractivity contribution >= 4 is 0 Å². The predicted molar refractivity (Wildman–Crippen MR) is 111 cm³/mol. The molecule has 0 N–H and O–H groups in total. The van der Waals surface area contributed by atoms with E-state index in [1.807, 2.05) is 24.3 Å². The number of hydrogen-bond acceptors (Lipinski definition) is 4. The predicted octanol–water partition coefficient (Wildman–Crippen LogP) is 2.75. The summed E-state index contributed by atoms with van der Waals surface area (Å²) in [4.78, 5) is 4.76. The number of hydrogen-bond donors (Lipinski definition) is 0. The maximum absolute atomic E-state index is 5.74. The summed E-state index contributed by atoms with van der Waals surface area (Å²) >= 11 is 0. The molecule has 9 rings (SSSR count). The van der Waals surface area contributed by atoms with Crippen LogP contribution in [-0.2, 0) is 0 Å². The van der Waals surface area contributed by atoms with E-state index in [1.165, 1.54) is 0 Å². The first-order valence-electron chi connectivity index (χ1n) is 9.69. The van der Waals surface area contributed by atoms with Crippen molar-refractivity contribution in [2.24, 2.45) is 0 Å². The Morgan fingerprint density at radius 2 is 0.929 bits per heavy atom. The van der Waals surface area contributed by atoms with Crippen molar-refractivity contribution in [1.82, 2.24) is 9.80 Å². The first-order chi connectivity index (χ1) is 13.9. The fraction of sp³-hybridized carbons (Fsp3) is 0.333. The lowest BCUT2D eigenvalue weighted by atomic mass is 10.1. The first kappa shape index (κ1) is 18.4. The summed E-state index contributed by atoms with van der Waals surface area (Å²) in [5.41, 5.74) is 2.29. The zero-order valence-electron chi connectivity index (χ0n) is 16.0. The molecule has 7 aliphatic rings. The molecule has 28 heavy (non-hydrogen) atoms. The van der Waals surface area contributed by atoms with Crippen LogP contribution in [0.3, 0.4) is 0 Å². The van der Waals surface area contributed by atoms with E-state index in [0.717, 1.165) is 61.9 Å². The van der Waals surface area contributed by atoms with Gasteiger partial charge in [-0.15, -0.1) is 0 Å². The van der Waals surface area contributed by atoms with E-state index < -0.39 is 0 Å². The molecule has 4 nitrogen and oxygen atoms in total. The van der Waals surface area contributed by atoms with Crippen LogP contribution in [0.1, 0.15) is 0 Å². The highest BCUT2D eigenvalue weighted by Crippen LogP contribution is 2.24. The van der Waals surface area contributed by atoms with Crippen LogP contribution in [0.5, 0.6) is 11.5 Å². The van der Waals surface area contributed by atoms with E-state index in [9.17, 15) is 0 Å². The van der Waals surface area contributed by atoms with Crippen molar-refractivity contribution in [3.63, 3.8) is 0 Å².